The number of nitrogens with one attached hydrogen (secondary N) is 1. The van der Waals surface area contributed by atoms with Crippen LogP contribution in [0.2, 0.25) is 0 Å². The van der Waals surface area contributed by atoms with Gasteiger partial charge in [0.1, 0.15) is 11.9 Å². The minimum atomic E-state index is -0.550. The van der Waals surface area contributed by atoms with E-state index in [1.54, 1.807) is 24.6 Å². The third kappa shape index (κ3) is 4.51. The third-order valence-corrected chi connectivity index (χ3v) is 3.37. The van der Waals surface area contributed by atoms with Gasteiger partial charge in [0.2, 0.25) is 0 Å². The molecule has 0 aliphatic heterocycles. The van der Waals surface area contributed by atoms with E-state index >= 15 is 0 Å². The minimum Gasteiger partial charge on any atom is -0.467 e. The molecule has 2 rings (SSSR count). The molecule has 0 bridgehead atoms. The maximum atomic E-state index is 10.0. The van der Waals surface area contributed by atoms with E-state index < -0.39 is 6.10 Å². The second-order valence-corrected chi connectivity index (χ2v) is 5.29. The third-order valence-electron chi connectivity index (χ3n) is 3.37. The van der Waals surface area contributed by atoms with Gasteiger partial charge in [-0.3, -0.25) is 4.68 Å². The number of aryl methyl sites for hydroxylation is 1. The topological polar surface area (TPSA) is 63.2 Å². The maximum Gasteiger partial charge on any atom is 0.132 e. The van der Waals surface area contributed by atoms with E-state index in [9.17, 15) is 5.11 Å². The summed E-state index contributed by atoms with van der Waals surface area (Å²) < 4.78 is 7.14. The molecule has 0 saturated carbocycles. The molecule has 0 aliphatic rings. The summed E-state index contributed by atoms with van der Waals surface area (Å²) in [6.07, 6.45) is 6.44. The molecule has 0 saturated heterocycles. The number of aromatic nitrogens is 2. The molecular formula is C15H23N3O2. The van der Waals surface area contributed by atoms with E-state index in [2.05, 4.69) is 24.3 Å². The normalized spacial score (nSPS) is 15.9. The van der Waals surface area contributed by atoms with Gasteiger partial charge in [-0.25, -0.2) is 0 Å². The monoisotopic (exact) mass is 277 g/mol. The molecule has 110 valence electrons. The first-order valence-electron chi connectivity index (χ1n) is 7.10. The van der Waals surface area contributed by atoms with Crippen LogP contribution in [0.1, 0.15) is 38.6 Å². The summed E-state index contributed by atoms with van der Waals surface area (Å²) >= 11 is 0. The van der Waals surface area contributed by atoms with Crippen molar-refractivity contribution in [2.75, 3.05) is 0 Å². The van der Waals surface area contributed by atoms with Crippen molar-refractivity contribution >= 4 is 0 Å². The number of rotatable bonds is 8. The van der Waals surface area contributed by atoms with Crippen LogP contribution in [-0.2, 0) is 6.54 Å². The highest BCUT2D eigenvalue weighted by atomic mass is 16.4. The van der Waals surface area contributed by atoms with Gasteiger partial charge in [-0.05, 0) is 44.9 Å². The summed E-state index contributed by atoms with van der Waals surface area (Å²) in [7, 11) is 0. The highest BCUT2D eigenvalue weighted by Gasteiger charge is 2.16. The average Bonchev–Trinajstić information content (AvgIpc) is 3.09. The number of nitrogens with zero attached hydrogens (tertiary/aromatic N) is 2. The zero-order valence-corrected chi connectivity index (χ0v) is 12.1. The van der Waals surface area contributed by atoms with E-state index in [4.69, 9.17) is 4.42 Å². The van der Waals surface area contributed by atoms with Crippen molar-refractivity contribution in [3.8, 4) is 0 Å². The lowest BCUT2D eigenvalue weighted by Crippen LogP contribution is -2.36. The van der Waals surface area contributed by atoms with Crippen LogP contribution >= 0.6 is 0 Å². The van der Waals surface area contributed by atoms with E-state index in [1.165, 1.54) is 0 Å². The van der Waals surface area contributed by atoms with Crippen molar-refractivity contribution in [2.45, 2.75) is 51.4 Å². The molecule has 3 unspecified atom stereocenters. The summed E-state index contributed by atoms with van der Waals surface area (Å²) in [5.41, 5.74) is 0. The van der Waals surface area contributed by atoms with Gasteiger partial charge in [0, 0.05) is 31.0 Å². The number of hydrogen-bond donors (Lipinski definition) is 2. The second-order valence-electron chi connectivity index (χ2n) is 5.29. The summed E-state index contributed by atoms with van der Waals surface area (Å²) in [5, 5.41) is 17.7. The van der Waals surface area contributed by atoms with Gasteiger partial charge in [0.05, 0.1) is 6.26 Å². The lowest BCUT2D eigenvalue weighted by atomic mass is 10.1. The van der Waals surface area contributed by atoms with Crippen LogP contribution in [0, 0.1) is 0 Å². The van der Waals surface area contributed by atoms with Crippen LogP contribution in [0.15, 0.2) is 41.3 Å². The summed E-state index contributed by atoms with van der Waals surface area (Å²) in [4.78, 5) is 0. The smallest absolute Gasteiger partial charge is 0.132 e. The Labute approximate surface area is 119 Å². The van der Waals surface area contributed by atoms with Crippen molar-refractivity contribution in [2.24, 2.45) is 0 Å². The lowest BCUT2D eigenvalue weighted by molar-refractivity contribution is 0.126. The fourth-order valence-electron chi connectivity index (χ4n) is 2.33. The van der Waals surface area contributed by atoms with Crippen molar-refractivity contribution < 1.29 is 9.52 Å². The average molecular weight is 277 g/mol. The Bertz CT molecular complexity index is 467. The molecule has 2 aromatic rings. The highest BCUT2D eigenvalue weighted by molar-refractivity contribution is 5.02. The van der Waals surface area contributed by atoms with Crippen molar-refractivity contribution in [3.05, 3.63) is 42.6 Å². The quantitative estimate of drug-likeness (QED) is 0.777. The Morgan fingerprint density at radius 1 is 1.35 bits per heavy atom. The van der Waals surface area contributed by atoms with Crippen LogP contribution in [0.3, 0.4) is 0 Å². The highest BCUT2D eigenvalue weighted by Crippen LogP contribution is 2.18. The molecule has 2 aromatic heterocycles. The molecule has 20 heavy (non-hydrogen) atoms. The fourth-order valence-corrected chi connectivity index (χ4v) is 2.33. The molecular weight excluding hydrogens is 254 g/mol. The van der Waals surface area contributed by atoms with Crippen molar-refractivity contribution in [1.82, 2.24) is 15.1 Å². The molecule has 0 amide bonds. The summed E-state index contributed by atoms with van der Waals surface area (Å²) in [6.45, 7) is 5.13. The first-order valence-corrected chi connectivity index (χ1v) is 7.10. The van der Waals surface area contributed by atoms with E-state index in [0.29, 0.717) is 18.2 Å². The zero-order chi connectivity index (χ0) is 14.4. The van der Waals surface area contributed by atoms with Crippen LogP contribution < -0.4 is 5.32 Å². The van der Waals surface area contributed by atoms with Gasteiger partial charge >= 0.3 is 0 Å². The van der Waals surface area contributed by atoms with Crippen molar-refractivity contribution in [1.29, 1.82) is 0 Å². The van der Waals surface area contributed by atoms with Crippen molar-refractivity contribution in [3.63, 3.8) is 0 Å². The van der Waals surface area contributed by atoms with Gasteiger partial charge in [-0.1, -0.05) is 0 Å². The van der Waals surface area contributed by atoms with E-state index in [-0.39, 0.29) is 6.04 Å². The van der Waals surface area contributed by atoms with E-state index in [0.717, 1.165) is 13.0 Å². The van der Waals surface area contributed by atoms with Crippen LogP contribution in [0.4, 0.5) is 0 Å². The molecule has 0 spiro atoms. The number of hydrogen-bond acceptors (Lipinski definition) is 4. The molecule has 2 heterocycles. The zero-order valence-electron chi connectivity index (χ0n) is 12.1. The van der Waals surface area contributed by atoms with Crippen LogP contribution in [0.5, 0.6) is 0 Å². The number of aliphatic hydroxyl groups is 1. The Balaban J connectivity index is 1.69. The van der Waals surface area contributed by atoms with Gasteiger partial charge < -0.3 is 14.8 Å². The first kappa shape index (κ1) is 14.8. The predicted molar refractivity (Wildman–Crippen MR) is 77.2 cm³/mol. The molecule has 0 aliphatic carbocycles. The van der Waals surface area contributed by atoms with Gasteiger partial charge in [-0.15, -0.1) is 0 Å². The van der Waals surface area contributed by atoms with Crippen LogP contribution in [-0.4, -0.2) is 27.0 Å². The summed E-state index contributed by atoms with van der Waals surface area (Å²) in [6, 6.07) is 6.13. The lowest BCUT2D eigenvalue weighted by Gasteiger charge is -2.21. The Morgan fingerprint density at radius 2 is 2.20 bits per heavy atom. The van der Waals surface area contributed by atoms with Gasteiger partial charge in [0.25, 0.3) is 0 Å². The molecule has 0 fully saturated rings. The Kier molecular flexibility index (Phi) is 5.38. The van der Waals surface area contributed by atoms with Crippen LogP contribution in [0.25, 0.3) is 0 Å². The molecule has 2 N–H and O–H groups in total. The molecule has 0 radical (unpaired) electrons. The molecule has 5 heteroatoms. The molecule has 3 atom stereocenters. The molecule has 0 aromatic carbocycles. The maximum absolute atomic E-state index is 10.0. The van der Waals surface area contributed by atoms with Gasteiger partial charge in [-0.2, -0.15) is 5.10 Å². The Hall–Kier alpha value is -1.59. The van der Waals surface area contributed by atoms with E-state index in [1.807, 2.05) is 16.9 Å². The second kappa shape index (κ2) is 7.26. The SMILES string of the molecule is CC(CCn1cccn1)NC(C)CC(O)c1ccco1. The summed E-state index contributed by atoms with van der Waals surface area (Å²) in [5.74, 6) is 0.628. The largest absolute Gasteiger partial charge is 0.467 e. The fraction of sp³-hybridized carbons (Fsp3) is 0.533. The number of aliphatic hydroxyl groups excluding tert-OH is 1. The first-order chi connectivity index (χ1) is 9.65. The minimum absolute atomic E-state index is 0.225. The standard InChI is InChI=1S/C15H23N3O2/c1-12(6-9-18-8-4-7-16-18)17-13(2)11-14(19)15-5-3-10-20-15/h3-5,7-8,10,12-14,17,19H,6,9,11H2,1-2H3. The Morgan fingerprint density at radius 3 is 2.85 bits per heavy atom. The number of furan rings is 1. The molecule has 5 nitrogen and oxygen atoms in total. The predicted octanol–water partition coefficient (Wildman–Crippen LogP) is 2.36. The van der Waals surface area contributed by atoms with Gasteiger partial charge in [0.15, 0.2) is 0 Å².